The fourth-order valence-electron chi connectivity index (χ4n) is 4.70. The third-order valence-corrected chi connectivity index (χ3v) is 7.08. The van der Waals surface area contributed by atoms with E-state index in [1.807, 2.05) is 6.07 Å². The van der Waals surface area contributed by atoms with Crippen molar-refractivity contribution in [2.45, 2.75) is 51.6 Å². The summed E-state index contributed by atoms with van der Waals surface area (Å²) in [7, 11) is 0. The maximum Gasteiger partial charge on any atom is 0.274 e. The van der Waals surface area contributed by atoms with Gasteiger partial charge in [-0.3, -0.25) is 14.3 Å². The lowest BCUT2D eigenvalue weighted by Crippen LogP contribution is -2.25. The van der Waals surface area contributed by atoms with E-state index < -0.39 is 17.0 Å². The predicted molar refractivity (Wildman–Crippen MR) is 137 cm³/mol. The molecular weight excluding hydrogens is 498 g/mol. The molecule has 3 aromatic heterocycles. The standard InChI is InChI=1S/C28H25ClF2N4O2/c1-14-13-33-24(21-9-10-32-27(34-21)28(3,4)37)23(31)25(14)35-15(2)11-20(22(29)26(35)36)19-12-18(19)16-5-7-17(30)8-6-16/h5-11,13,18-19,37H,12H2,1-4H3/t18-,19+/m1/s1. The van der Waals surface area contributed by atoms with E-state index in [1.54, 1.807) is 26.0 Å². The number of halogens is 3. The molecule has 1 aliphatic carbocycles. The highest BCUT2D eigenvalue weighted by Gasteiger charge is 2.41. The van der Waals surface area contributed by atoms with Gasteiger partial charge in [0.25, 0.3) is 5.56 Å². The van der Waals surface area contributed by atoms with Crippen molar-refractivity contribution in [1.82, 2.24) is 19.5 Å². The SMILES string of the molecule is Cc1cnc(-c2ccnc(C(C)(C)O)n2)c(F)c1-n1c(C)cc([C@H]2C[C@@H]2c2ccc(F)cc2)c(Cl)c1=O. The Hall–Kier alpha value is -3.49. The van der Waals surface area contributed by atoms with Crippen molar-refractivity contribution < 1.29 is 13.9 Å². The van der Waals surface area contributed by atoms with Crippen LogP contribution in [-0.4, -0.2) is 24.6 Å². The average Bonchev–Trinajstić information content (AvgIpc) is 3.64. The van der Waals surface area contributed by atoms with Gasteiger partial charge in [0.15, 0.2) is 11.6 Å². The molecule has 1 aliphatic rings. The van der Waals surface area contributed by atoms with Crippen molar-refractivity contribution in [3.8, 4) is 17.1 Å². The first-order valence-corrected chi connectivity index (χ1v) is 12.2. The van der Waals surface area contributed by atoms with E-state index in [1.165, 1.54) is 49.0 Å². The Balaban J connectivity index is 1.58. The fraction of sp³-hybridized carbons (Fsp3) is 0.286. The molecule has 0 spiro atoms. The van der Waals surface area contributed by atoms with Crippen LogP contribution >= 0.6 is 11.6 Å². The predicted octanol–water partition coefficient (Wildman–Crippen LogP) is 5.74. The van der Waals surface area contributed by atoms with Crippen LogP contribution in [0.2, 0.25) is 5.02 Å². The second kappa shape index (κ2) is 9.11. The Bertz CT molecular complexity index is 1580. The Morgan fingerprint density at radius 1 is 1.08 bits per heavy atom. The number of benzene rings is 1. The molecule has 0 bridgehead atoms. The van der Waals surface area contributed by atoms with E-state index in [4.69, 9.17) is 11.6 Å². The number of hydrogen-bond acceptors (Lipinski definition) is 5. The summed E-state index contributed by atoms with van der Waals surface area (Å²) < 4.78 is 30.6. The summed E-state index contributed by atoms with van der Waals surface area (Å²) in [6.07, 6.45) is 3.68. The second-order valence-corrected chi connectivity index (χ2v) is 10.4. The summed E-state index contributed by atoms with van der Waals surface area (Å²) >= 11 is 6.59. The minimum atomic E-state index is -1.33. The van der Waals surface area contributed by atoms with Crippen LogP contribution in [0.3, 0.4) is 0 Å². The topological polar surface area (TPSA) is 80.9 Å². The van der Waals surface area contributed by atoms with E-state index >= 15 is 4.39 Å². The van der Waals surface area contributed by atoms with Gasteiger partial charge >= 0.3 is 0 Å². The lowest BCUT2D eigenvalue weighted by Gasteiger charge is -2.18. The smallest absolute Gasteiger partial charge is 0.274 e. The van der Waals surface area contributed by atoms with Gasteiger partial charge in [0.1, 0.15) is 22.1 Å². The van der Waals surface area contributed by atoms with E-state index in [-0.39, 0.29) is 45.6 Å². The molecule has 3 heterocycles. The van der Waals surface area contributed by atoms with Gasteiger partial charge in [0.2, 0.25) is 0 Å². The van der Waals surface area contributed by atoms with Gasteiger partial charge in [0, 0.05) is 18.1 Å². The monoisotopic (exact) mass is 522 g/mol. The fourth-order valence-corrected chi connectivity index (χ4v) is 4.98. The minimum Gasteiger partial charge on any atom is -0.382 e. The summed E-state index contributed by atoms with van der Waals surface area (Å²) in [5.41, 5.74) is 0.948. The van der Waals surface area contributed by atoms with Crippen molar-refractivity contribution in [2.75, 3.05) is 0 Å². The van der Waals surface area contributed by atoms with Crippen LogP contribution in [0.4, 0.5) is 8.78 Å². The van der Waals surface area contributed by atoms with Crippen molar-refractivity contribution >= 4 is 11.6 Å². The van der Waals surface area contributed by atoms with Crippen LogP contribution in [0.15, 0.2) is 53.6 Å². The largest absolute Gasteiger partial charge is 0.382 e. The second-order valence-electron chi connectivity index (χ2n) is 9.97. The zero-order chi connectivity index (χ0) is 26.6. The summed E-state index contributed by atoms with van der Waals surface area (Å²) in [4.78, 5) is 26.1. The zero-order valence-electron chi connectivity index (χ0n) is 20.8. The number of nitrogens with zero attached hydrogens (tertiary/aromatic N) is 4. The van der Waals surface area contributed by atoms with Gasteiger partial charge in [-0.15, -0.1) is 0 Å². The molecule has 0 radical (unpaired) electrons. The Morgan fingerprint density at radius 2 is 1.78 bits per heavy atom. The number of aliphatic hydroxyl groups is 1. The van der Waals surface area contributed by atoms with Crippen molar-refractivity contribution in [1.29, 1.82) is 0 Å². The molecule has 0 amide bonds. The molecule has 0 aliphatic heterocycles. The summed E-state index contributed by atoms with van der Waals surface area (Å²) in [5.74, 6) is -0.746. The molecule has 5 rings (SSSR count). The maximum absolute atomic E-state index is 16.0. The first kappa shape index (κ1) is 25.2. The van der Waals surface area contributed by atoms with Gasteiger partial charge in [-0.2, -0.15) is 0 Å². The van der Waals surface area contributed by atoms with E-state index in [2.05, 4.69) is 15.0 Å². The van der Waals surface area contributed by atoms with E-state index in [9.17, 15) is 14.3 Å². The summed E-state index contributed by atoms with van der Waals surface area (Å²) in [6, 6.07) is 9.64. The Morgan fingerprint density at radius 3 is 2.46 bits per heavy atom. The number of aromatic nitrogens is 4. The lowest BCUT2D eigenvalue weighted by atomic mass is 10.0. The van der Waals surface area contributed by atoms with E-state index in [0.29, 0.717) is 16.8 Å². The number of aryl methyl sites for hydroxylation is 2. The van der Waals surface area contributed by atoms with Crippen LogP contribution in [0.5, 0.6) is 0 Å². The lowest BCUT2D eigenvalue weighted by molar-refractivity contribution is 0.0688. The Labute approximate surface area is 217 Å². The van der Waals surface area contributed by atoms with Gasteiger partial charge in [-0.05, 0) is 86.9 Å². The molecule has 1 fully saturated rings. The highest BCUT2D eigenvalue weighted by molar-refractivity contribution is 6.31. The van der Waals surface area contributed by atoms with E-state index in [0.717, 1.165) is 12.0 Å². The average molecular weight is 523 g/mol. The maximum atomic E-state index is 16.0. The number of rotatable bonds is 5. The first-order valence-electron chi connectivity index (χ1n) is 11.9. The van der Waals surface area contributed by atoms with Gasteiger partial charge in [-0.25, -0.2) is 18.7 Å². The van der Waals surface area contributed by atoms with Gasteiger partial charge in [0.05, 0.1) is 11.4 Å². The normalized spacial score (nSPS) is 17.2. The van der Waals surface area contributed by atoms with Gasteiger partial charge in [-0.1, -0.05) is 23.7 Å². The van der Waals surface area contributed by atoms with Crippen molar-refractivity contribution in [2.24, 2.45) is 0 Å². The van der Waals surface area contributed by atoms with Crippen molar-refractivity contribution in [3.05, 3.63) is 104 Å². The van der Waals surface area contributed by atoms with Crippen LogP contribution in [0.1, 0.15) is 60.3 Å². The minimum absolute atomic E-state index is 0.0271. The van der Waals surface area contributed by atoms with Crippen molar-refractivity contribution in [3.63, 3.8) is 0 Å². The molecule has 1 saturated carbocycles. The van der Waals surface area contributed by atoms with Crippen LogP contribution < -0.4 is 5.56 Å². The van der Waals surface area contributed by atoms with Crippen LogP contribution in [-0.2, 0) is 5.60 Å². The molecule has 0 unspecified atom stereocenters. The molecule has 1 aromatic carbocycles. The third-order valence-electron chi connectivity index (χ3n) is 6.70. The first-order chi connectivity index (χ1) is 17.5. The zero-order valence-corrected chi connectivity index (χ0v) is 21.5. The third kappa shape index (κ3) is 4.55. The summed E-state index contributed by atoms with van der Waals surface area (Å²) in [6.45, 7) is 6.45. The molecule has 0 saturated heterocycles. The molecule has 6 nitrogen and oxygen atoms in total. The highest BCUT2D eigenvalue weighted by atomic mass is 35.5. The van der Waals surface area contributed by atoms with Crippen LogP contribution in [0.25, 0.3) is 17.1 Å². The van der Waals surface area contributed by atoms with Crippen LogP contribution in [0, 0.1) is 25.5 Å². The van der Waals surface area contributed by atoms with Gasteiger partial charge < -0.3 is 5.11 Å². The quantitative estimate of drug-likeness (QED) is 0.362. The Kier molecular flexibility index (Phi) is 6.20. The molecular formula is C28H25ClF2N4O2. The molecule has 9 heteroatoms. The molecule has 1 N–H and O–H groups in total. The highest BCUT2D eigenvalue weighted by Crippen LogP contribution is 2.55. The molecule has 2 atom stereocenters. The number of pyridine rings is 2. The number of hydrogen-bond donors (Lipinski definition) is 1. The summed E-state index contributed by atoms with van der Waals surface area (Å²) in [5, 5.41) is 10.3. The molecule has 37 heavy (non-hydrogen) atoms. The molecule has 4 aromatic rings. The molecule has 190 valence electrons.